The summed E-state index contributed by atoms with van der Waals surface area (Å²) in [6.45, 7) is 2.36. The molecule has 0 aliphatic carbocycles. The molecule has 0 fully saturated rings. The molecule has 1 aromatic carbocycles. The lowest BCUT2D eigenvalue weighted by Gasteiger charge is -1.98. The normalized spacial score (nSPS) is 10.6. The second kappa shape index (κ2) is 6.80. The van der Waals surface area contributed by atoms with Gasteiger partial charge in [0.25, 0.3) is 0 Å². The molecular formula is C13H17NO2. The summed E-state index contributed by atoms with van der Waals surface area (Å²) < 4.78 is 0. The van der Waals surface area contributed by atoms with Gasteiger partial charge in [0.15, 0.2) is 0 Å². The molecule has 0 radical (unpaired) electrons. The van der Waals surface area contributed by atoms with Crippen LogP contribution in [-0.2, 0) is 11.2 Å². The van der Waals surface area contributed by atoms with Gasteiger partial charge in [0.05, 0.1) is 6.61 Å². The van der Waals surface area contributed by atoms with Crippen LogP contribution in [0.2, 0.25) is 0 Å². The molecule has 1 rings (SSSR count). The quantitative estimate of drug-likeness (QED) is 0.735. The van der Waals surface area contributed by atoms with Gasteiger partial charge in [-0.25, -0.2) is 0 Å². The second-order valence-corrected chi connectivity index (χ2v) is 3.44. The first-order valence-corrected chi connectivity index (χ1v) is 5.42. The lowest BCUT2D eigenvalue weighted by Crippen LogP contribution is -2.24. The molecule has 0 saturated heterocycles. The monoisotopic (exact) mass is 219 g/mol. The molecule has 0 aromatic heterocycles. The number of amides is 1. The van der Waals surface area contributed by atoms with Gasteiger partial charge < -0.3 is 10.4 Å². The number of hydrogen-bond donors (Lipinski definition) is 2. The molecule has 3 heteroatoms. The zero-order valence-corrected chi connectivity index (χ0v) is 9.44. The topological polar surface area (TPSA) is 49.3 Å². The van der Waals surface area contributed by atoms with Crippen molar-refractivity contribution >= 4 is 12.0 Å². The Morgan fingerprint density at radius 1 is 1.38 bits per heavy atom. The number of aryl methyl sites for hydroxylation is 1. The molecule has 86 valence electrons. The third-order valence-electron chi connectivity index (χ3n) is 2.23. The number of benzene rings is 1. The molecule has 0 aliphatic rings. The predicted octanol–water partition coefficient (Wildman–Crippen LogP) is 1.37. The van der Waals surface area contributed by atoms with E-state index in [0.717, 1.165) is 12.0 Å². The smallest absolute Gasteiger partial charge is 0.244 e. The summed E-state index contributed by atoms with van der Waals surface area (Å²) in [5.74, 6) is -0.186. The number of aliphatic hydroxyl groups excluding tert-OH is 1. The van der Waals surface area contributed by atoms with E-state index in [0.29, 0.717) is 0 Å². The fourth-order valence-electron chi connectivity index (χ4n) is 1.27. The fourth-order valence-corrected chi connectivity index (χ4v) is 1.27. The van der Waals surface area contributed by atoms with Gasteiger partial charge in [-0.05, 0) is 23.6 Å². The lowest BCUT2D eigenvalue weighted by molar-refractivity contribution is -0.116. The highest BCUT2D eigenvalue weighted by Gasteiger charge is 1.93. The minimum atomic E-state index is -0.186. The van der Waals surface area contributed by atoms with Crippen molar-refractivity contribution in [3.05, 3.63) is 41.5 Å². The van der Waals surface area contributed by atoms with E-state index < -0.39 is 0 Å². The Bertz CT molecular complexity index is 355. The Kier molecular flexibility index (Phi) is 5.29. The first-order chi connectivity index (χ1) is 7.76. The number of nitrogens with one attached hydrogen (secondary N) is 1. The number of carbonyl (C=O) groups excluding carboxylic acids is 1. The van der Waals surface area contributed by atoms with Crippen molar-refractivity contribution in [2.45, 2.75) is 13.3 Å². The fraction of sp³-hybridized carbons (Fsp3) is 0.308. The third-order valence-corrected chi connectivity index (χ3v) is 2.23. The summed E-state index contributed by atoms with van der Waals surface area (Å²) in [5.41, 5.74) is 2.28. The van der Waals surface area contributed by atoms with E-state index in [4.69, 9.17) is 5.11 Å². The van der Waals surface area contributed by atoms with Crippen LogP contribution in [0.5, 0.6) is 0 Å². The third kappa shape index (κ3) is 4.28. The molecule has 16 heavy (non-hydrogen) atoms. The summed E-state index contributed by atoms with van der Waals surface area (Å²) in [6, 6.07) is 8.06. The summed E-state index contributed by atoms with van der Waals surface area (Å²) in [6.07, 6.45) is 4.24. The Labute approximate surface area is 95.8 Å². The SMILES string of the molecule is CCc1ccc(C=CC(=O)NCCO)cc1. The maximum Gasteiger partial charge on any atom is 0.244 e. The van der Waals surface area contributed by atoms with Crippen LogP contribution in [0.25, 0.3) is 6.08 Å². The Morgan fingerprint density at radius 2 is 2.06 bits per heavy atom. The lowest BCUT2D eigenvalue weighted by atomic mass is 10.1. The molecule has 0 saturated carbocycles. The van der Waals surface area contributed by atoms with Crippen LogP contribution >= 0.6 is 0 Å². The summed E-state index contributed by atoms with van der Waals surface area (Å²) in [4.78, 5) is 11.2. The molecule has 2 N–H and O–H groups in total. The van der Waals surface area contributed by atoms with Gasteiger partial charge >= 0.3 is 0 Å². The van der Waals surface area contributed by atoms with Gasteiger partial charge in [0, 0.05) is 12.6 Å². The van der Waals surface area contributed by atoms with Crippen molar-refractivity contribution in [1.29, 1.82) is 0 Å². The molecule has 0 spiro atoms. The maximum absolute atomic E-state index is 11.2. The first-order valence-electron chi connectivity index (χ1n) is 5.42. The molecule has 0 atom stereocenters. The number of carbonyl (C=O) groups is 1. The molecule has 3 nitrogen and oxygen atoms in total. The van der Waals surface area contributed by atoms with Crippen molar-refractivity contribution < 1.29 is 9.90 Å². The van der Waals surface area contributed by atoms with Crippen LogP contribution in [-0.4, -0.2) is 24.2 Å². The molecule has 0 heterocycles. The Morgan fingerprint density at radius 3 is 2.62 bits per heavy atom. The minimum absolute atomic E-state index is 0.0369. The van der Waals surface area contributed by atoms with Crippen LogP contribution in [0, 0.1) is 0 Å². The van der Waals surface area contributed by atoms with Gasteiger partial charge in [-0.3, -0.25) is 4.79 Å². The van der Waals surface area contributed by atoms with Crippen LogP contribution < -0.4 is 5.32 Å². The van der Waals surface area contributed by atoms with Gasteiger partial charge in [-0.1, -0.05) is 31.2 Å². The van der Waals surface area contributed by atoms with Crippen molar-refractivity contribution in [2.75, 3.05) is 13.2 Å². The Balaban J connectivity index is 2.52. The van der Waals surface area contributed by atoms with E-state index >= 15 is 0 Å². The molecular weight excluding hydrogens is 202 g/mol. The molecule has 0 unspecified atom stereocenters. The highest BCUT2D eigenvalue weighted by molar-refractivity contribution is 5.91. The molecule has 0 bridgehead atoms. The van der Waals surface area contributed by atoms with Crippen molar-refractivity contribution in [3.63, 3.8) is 0 Å². The average Bonchev–Trinajstić information content (AvgIpc) is 2.34. The standard InChI is InChI=1S/C13H17NO2/c1-2-11-3-5-12(6-4-11)7-8-13(16)14-9-10-15/h3-8,15H,2,9-10H2,1H3,(H,14,16). The van der Waals surface area contributed by atoms with Crippen LogP contribution in [0.1, 0.15) is 18.1 Å². The number of aliphatic hydroxyl groups is 1. The zero-order valence-electron chi connectivity index (χ0n) is 9.44. The van der Waals surface area contributed by atoms with E-state index in [2.05, 4.69) is 12.2 Å². The minimum Gasteiger partial charge on any atom is -0.395 e. The van der Waals surface area contributed by atoms with E-state index in [-0.39, 0.29) is 19.1 Å². The molecule has 1 aromatic rings. The van der Waals surface area contributed by atoms with Gasteiger partial charge in [0.2, 0.25) is 5.91 Å². The van der Waals surface area contributed by atoms with Crippen LogP contribution in [0.4, 0.5) is 0 Å². The van der Waals surface area contributed by atoms with E-state index in [1.54, 1.807) is 6.08 Å². The summed E-state index contributed by atoms with van der Waals surface area (Å²) in [5, 5.41) is 11.1. The summed E-state index contributed by atoms with van der Waals surface area (Å²) in [7, 11) is 0. The van der Waals surface area contributed by atoms with Crippen molar-refractivity contribution in [3.8, 4) is 0 Å². The van der Waals surface area contributed by atoms with E-state index in [1.807, 2.05) is 24.3 Å². The van der Waals surface area contributed by atoms with Gasteiger partial charge in [-0.2, -0.15) is 0 Å². The zero-order chi connectivity index (χ0) is 11.8. The maximum atomic E-state index is 11.2. The van der Waals surface area contributed by atoms with E-state index in [9.17, 15) is 4.79 Å². The highest BCUT2D eigenvalue weighted by Crippen LogP contribution is 2.06. The van der Waals surface area contributed by atoms with E-state index in [1.165, 1.54) is 11.6 Å². The predicted molar refractivity (Wildman–Crippen MR) is 64.9 cm³/mol. The Hall–Kier alpha value is -1.61. The number of hydrogen-bond acceptors (Lipinski definition) is 2. The average molecular weight is 219 g/mol. The van der Waals surface area contributed by atoms with Crippen molar-refractivity contribution in [1.82, 2.24) is 5.32 Å². The van der Waals surface area contributed by atoms with Gasteiger partial charge in [-0.15, -0.1) is 0 Å². The van der Waals surface area contributed by atoms with Crippen LogP contribution in [0.3, 0.4) is 0 Å². The molecule has 1 amide bonds. The van der Waals surface area contributed by atoms with Crippen molar-refractivity contribution in [2.24, 2.45) is 0 Å². The second-order valence-electron chi connectivity index (χ2n) is 3.44. The van der Waals surface area contributed by atoms with Gasteiger partial charge in [0.1, 0.15) is 0 Å². The summed E-state index contributed by atoms with van der Waals surface area (Å²) >= 11 is 0. The molecule has 0 aliphatic heterocycles. The van der Waals surface area contributed by atoms with Crippen LogP contribution in [0.15, 0.2) is 30.3 Å². The largest absolute Gasteiger partial charge is 0.395 e. The first kappa shape index (κ1) is 12.5. The highest BCUT2D eigenvalue weighted by atomic mass is 16.3. The number of rotatable bonds is 5.